The van der Waals surface area contributed by atoms with E-state index in [9.17, 15) is 4.79 Å². The van der Waals surface area contributed by atoms with Crippen LogP contribution >= 0.6 is 23.1 Å². The lowest BCUT2D eigenvalue weighted by Crippen LogP contribution is -2.45. The molecular weight excluding hydrogens is 288 g/mol. The van der Waals surface area contributed by atoms with Gasteiger partial charge in [0.2, 0.25) is 0 Å². The van der Waals surface area contributed by atoms with Crippen molar-refractivity contribution in [2.24, 2.45) is 5.73 Å². The summed E-state index contributed by atoms with van der Waals surface area (Å²) in [5, 5.41) is 3.07. The van der Waals surface area contributed by atoms with Crippen molar-refractivity contribution in [2.75, 3.05) is 19.3 Å². The fraction of sp³-hybridized carbons (Fsp3) is 0.533. The summed E-state index contributed by atoms with van der Waals surface area (Å²) in [7, 11) is 0. The Morgan fingerprint density at radius 1 is 1.60 bits per heavy atom. The van der Waals surface area contributed by atoms with Gasteiger partial charge in [0.25, 0.3) is 5.91 Å². The Morgan fingerprint density at radius 3 is 2.90 bits per heavy atom. The van der Waals surface area contributed by atoms with E-state index in [1.165, 1.54) is 30.6 Å². The van der Waals surface area contributed by atoms with E-state index < -0.39 is 0 Å². The third-order valence-electron chi connectivity index (χ3n) is 3.71. The number of thiophene rings is 1. The number of thioether (sulfide) groups is 1. The SMILES string of the molecule is CSC1(CNC(=O)c2cc(C)c(C#CCN)s2)CCC1. The number of nitrogens with two attached hydrogens (primary N) is 1. The largest absolute Gasteiger partial charge is 0.350 e. The summed E-state index contributed by atoms with van der Waals surface area (Å²) in [6.45, 7) is 3.08. The predicted molar refractivity (Wildman–Crippen MR) is 87.4 cm³/mol. The Morgan fingerprint density at radius 2 is 2.35 bits per heavy atom. The highest BCUT2D eigenvalue weighted by molar-refractivity contribution is 8.00. The van der Waals surface area contributed by atoms with Crippen LogP contribution in [0.2, 0.25) is 0 Å². The average molecular weight is 308 g/mol. The Labute approximate surface area is 128 Å². The highest BCUT2D eigenvalue weighted by Crippen LogP contribution is 2.42. The molecule has 1 aromatic heterocycles. The molecule has 1 aliphatic carbocycles. The number of aryl methyl sites for hydroxylation is 1. The smallest absolute Gasteiger partial charge is 0.261 e. The molecule has 0 radical (unpaired) electrons. The van der Waals surface area contributed by atoms with Crippen molar-refractivity contribution < 1.29 is 4.79 Å². The molecule has 1 aromatic rings. The molecule has 0 atom stereocenters. The molecule has 0 unspecified atom stereocenters. The molecule has 3 N–H and O–H groups in total. The van der Waals surface area contributed by atoms with Gasteiger partial charge in [-0.15, -0.1) is 11.3 Å². The molecule has 1 fully saturated rings. The molecule has 20 heavy (non-hydrogen) atoms. The lowest BCUT2D eigenvalue weighted by Gasteiger charge is -2.40. The van der Waals surface area contributed by atoms with Crippen LogP contribution < -0.4 is 11.1 Å². The van der Waals surface area contributed by atoms with Gasteiger partial charge in [-0.2, -0.15) is 11.8 Å². The van der Waals surface area contributed by atoms with Crippen molar-refractivity contribution in [3.63, 3.8) is 0 Å². The Balaban J connectivity index is 1.99. The first kappa shape index (κ1) is 15.4. The van der Waals surface area contributed by atoms with E-state index in [2.05, 4.69) is 23.4 Å². The summed E-state index contributed by atoms with van der Waals surface area (Å²) < 4.78 is 0.268. The van der Waals surface area contributed by atoms with Crippen molar-refractivity contribution in [3.8, 4) is 11.8 Å². The molecular formula is C15H20N2OS2. The summed E-state index contributed by atoms with van der Waals surface area (Å²) >= 11 is 3.31. The molecule has 1 heterocycles. The number of carbonyl (C=O) groups excluding carboxylic acids is 1. The number of hydrogen-bond acceptors (Lipinski definition) is 4. The maximum atomic E-state index is 12.2. The van der Waals surface area contributed by atoms with E-state index in [-0.39, 0.29) is 10.7 Å². The Hall–Kier alpha value is -0.960. The number of amides is 1. The van der Waals surface area contributed by atoms with Crippen LogP contribution in [-0.2, 0) is 0 Å². The minimum Gasteiger partial charge on any atom is -0.350 e. The molecule has 0 aliphatic heterocycles. The molecule has 0 aromatic carbocycles. The molecule has 108 valence electrons. The van der Waals surface area contributed by atoms with Crippen LogP contribution in [0.1, 0.15) is 39.4 Å². The quantitative estimate of drug-likeness (QED) is 0.840. The summed E-state index contributed by atoms with van der Waals surface area (Å²) in [5.74, 6) is 5.86. The molecule has 1 amide bonds. The fourth-order valence-electron chi connectivity index (χ4n) is 2.20. The van der Waals surface area contributed by atoms with E-state index in [4.69, 9.17) is 5.73 Å². The summed E-state index contributed by atoms with van der Waals surface area (Å²) in [6, 6.07) is 1.91. The Bertz CT molecular complexity index is 544. The number of hydrogen-bond donors (Lipinski definition) is 2. The van der Waals surface area contributed by atoms with E-state index in [0.29, 0.717) is 6.54 Å². The second kappa shape index (κ2) is 6.66. The lowest BCUT2D eigenvalue weighted by molar-refractivity contribution is 0.0948. The average Bonchev–Trinajstić information content (AvgIpc) is 2.77. The van der Waals surface area contributed by atoms with Crippen LogP contribution in [0.5, 0.6) is 0 Å². The number of carbonyl (C=O) groups is 1. The van der Waals surface area contributed by atoms with Crippen molar-refractivity contribution in [1.82, 2.24) is 5.32 Å². The molecule has 1 saturated carbocycles. The van der Waals surface area contributed by atoms with Crippen molar-refractivity contribution in [1.29, 1.82) is 0 Å². The first-order valence-electron chi connectivity index (χ1n) is 6.73. The monoisotopic (exact) mass is 308 g/mol. The Kier molecular flexibility index (Phi) is 5.14. The highest BCUT2D eigenvalue weighted by atomic mass is 32.2. The molecule has 0 spiro atoms. The fourth-order valence-corrected chi connectivity index (χ4v) is 4.08. The van der Waals surface area contributed by atoms with E-state index >= 15 is 0 Å². The minimum absolute atomic E-state index is 0.0132. The lowest BCUT2D eigenvalue weighted by atomic mass is 9.84. The summed E-state index contributed by atoms with van der Waals surface area (Å²) in [5.41, 5.74) is 6.42. The van der Waals surface area contributed by atoms with Gasteiger partial charge < -0.3 is 11.1 Å². The summed E-state index contributed by atoms with van der Waals surface area (Å²) in [6.07, 6.45) is 5.80. The molecule has 0 bridgehead atoms. The van der Waals surface area contributed by atoms with E-state index in [1.54, 1.807) is 0 Å². The first-order chi connectivity index (χ1) is 9.60. The maximum absolute atomic E-state index is 12.2. The van der Waals surface area contributed by atoms with Crippen LogP contribution in [0.25, 0.3) is 0 Å². The van der Waals surface area contributed by atoms with Gasteiger partial charge in [-0.25, -0.2) is 0 Å². The molecule has 2 rings (SSSR count). The highest BCUT2D eigenvalue weighted by Gasteiger charge is 2.36. The standard InChI is InChI=1S/C15H20N2OS2/c1-11-9-13(20-12(11)5-3-8-16)14(18)17-10-15(19-2)6-4-7-15/h9H,4,6-8,10,16H2,1-2H3,(H,17,18). The zero-order chi connectivity index (χ0) is 14.6. The second-order valence-corrected chi connectivity index (χ2v) is 7.38. The topological polar surface area (TPSA) is 55.1 Å². The van der Waals surface area contributed by atoms with Gasteiger partial charge in [0, 0.05) is 11.3 Å². The van der Waals surface area contributed by atoms with Gasteiger partial charge in [-0.3, -0.25) is 4.79 Å². The molecule has 0 saturated heterocycles. The van der Waals surface area contributed by atoms with Crippen LogP contribution in [0, 0.1) is 18.8 Å². The third-order valence-corrected chi connectivity index (χ3v) is 6.28. The minimum atomic E-state index is 0.0132. The van der Waals surface area contributed by atoms with Crippen LogP contribution in [-0.4, -0.2) is 30.0 Å². The van der Waals surface area contributed by atoms with Crippen molar-refractivity contribution in [2.45, 2.75) is 30.9 Å². The normalized spacial score (nSPS) is 15.9. The maximum Gasteiger partial charge on any atom is 0.261 e. The molecule has 5 heteroatoms. The number of rotatable bonds is 4. The van der Waals surface area contributed by atoms with Crippen LogP contribution in [0.4, 0.5) is 0 Å². The van der Waals surface area contributed by atoms with Gasteiger partial charge in [-0.1, -0.05) is 18.3 Å². The zero-order valence-corrected chi connectivity index (χ0v) is 13.5. The molecule has 3 nitrogen and oxygen atoms in total. The van der Waals surface area contributed by atoms with Gasteiger partial charge in [0.1, 0.15) is 0 Å². The summed E-state index contributed by atoms with van der Waals surface area (Å²) in [4.78, 5) is 13.9. The van der Waals surface area contributed by atoms with Gasteiger partial charge in [0.15, 0.2) is 0 Å². The zero-order valence-electron chi connectivity index (χ0n) is 11.9. The first-order valence-corrected chi connectivity index (χ1v) is 8.77. The van der Waals surface area contributed by atoms with Gasteiger partial charge in [-0.05, 0) is 37.7 Å². The predicted octanol–water partition coefficient (Wildman–Crippen LogP) is 2.38. The number of nitrogens with one attached hydrogen (secondary N) is 1. The van der Waals surface area contributed by atoms with Crippen LogP contribution in [0.3, 0.4) is 0 Å². The van der Waals surface area contributed by atoms with Gasteiger partial charge in [0.05, 0.1) is 16.3 Å². The van der Waals surface area contributed by atoms with Crippen molar-refractivity contribution >= 4 is 29.0 Å². The van der Waals surface area contributed by atoms with E-state index in [1.807, 2.05) is 24.8 Å². The molecule has 1 aliphatic rings. The third kappa shape index (κ3) is 3.38. The second-order valence-electron chi connectivity index (χ2n) is 5.05. The van der Waals surface area contributed by atoms with Crippen molar-refractivity contribution in [3.05, 3.63) is 21.4 Å². The van der Waals surface area contributed by atoms with Crippen LogP contribution in [0.15, 0.2) is 6.07 Å². The van der Waals surface area contributed by atoms with Gasteiger partial charge >= 0.3 is 0 Å². The van der Waals surface area contributed by atoms with E-state index in [0.717, 1.165) is 21.9 Å².